The van der Waals surface area contributed by atoms with Gasteiger partial charge in [-0.15, -0.1) is 0 Å². The molecule has 1 aromatic rings. The summed E-state index contributed by atoms with van der Waals surface area (Å²) in [7, 11) is -3.35. The van der Waals surface area contributed by atoms with Crippen LogP contribution in [-0.4, -0.2) is 25.9 Å². The Morgan fingerprint density at radius 1 is 1.29 bits per heavy atom. The molecule has 0 heterocycles. The molecule has 0 aliphatic rings. The lowest BCUT2D eigenvalue weighted by atomic mass is 10.1. The molecule has 1 aromatic carbocycles. The maximum absolute atomic E-state index is 11.7. The SMILES string of the molecule is CCCc1ccccc1NS(=O)(=O)CCCO. The zero-order valence-corrected chi connectivity index (χ0v) is 10.8. The van der Waals surface area contributed by atoms with Crippen molar-refractivity contribution in [1.29, 1.82) is 0 Å². The lowest BCUT2D eigenvalue weighted by Gasteiger charge is -2.11. The molecule has 0 saturated carbocycles. The highest BCUT2D eigenvalue weighted by Gasteiger charge is 2.11. The van der Waals surface area contributed by atoms with Gasteiger partial charge in [0.15, 0.2) is 0 Å². The monoisotopic (exact) mass is 257 g/mol. The summed E-state index contributed by atoms with van der Waals surface area (Å²) in [6.45, 7) is 1.94. The molecule has 0 fully saturated rings. The predicted octanol–water partition coefficient (Wildman–Crippen LogP) is 1.76. The zero-order chi connectivity index (χ0) is 12.7. The van der Waals surface area contributed by atoms with Crippen molar-refractivity contribution in [2.75, 3.05) is 17.1 Å². The number of hydrogen-bond acceptors (Lipinski definition) is 3. The van der Waals surface area contributed by atoms with Crippen molar-refractivity contribution < 1.29 is 13.5 Å². The van der Waals surface area contributed by atoms with Crippen molar-refractivity contribution in [2.45, 2.75) is 26.2 Å². The molecule has 0 bridgehead atoms. The molecular weight excluding hydrogens is 238 g/mol. The smallest absolute Gasteiger partial charge is 0.232 e. The molecule has 96 valence electrons. The van der Waals surface area contributed by atoms with Gasteiger partial charge < -0.3 is 5.11 Å². The van der Waals surface area contributed by atoms with Crippen LogP contribution in [0.5, 0.6) is 0 Å². The van der Waals surface area contributed by atoms with E-state index in [1.807, 2.05) is 18.2 Å². The Bertz CT molecular complexity index is 443. The Hall–Kier alpha value is -1.07. The van der Waals surface area contributed by atoms with Crippen molar-refractivity contribution in [3.63, 3.8) is 0 Å². The minimum atomic E-state index is -3.35. The van der Waals surface area contributed by atoms with E-state index >= 15 is 0 Å². The second-order valence-electron chi connectivity index (χ2n) is 3.91. The number of hydrogen-bond donors (Lipinski definition) is 2. The molecule has 2 N–H and O–H groups in total. The average molecular weight is 257 g/mol. The van der Waals surface area contributed by atoms with Crippen molar-refractivity contribution in [1.82, 2.24) is 0 Å². The summed E-state index contributed by atoms with van der Waals surface area (Å²) in [6, 6.07) is 7.40. The van der Waals surface area contributed by atoms with Gasteiger partial charge in [-0.05, 0) is 24.5 Å². The number of anilines is 1. The molecule has 0 amide bonds. The maximum Gasteiger partial charge on any atom is 0.232 e. The number of rotatable bonds is 7. The zero-order valence-electron chi connectivity index (χ0n) is 10.0. The first kappa shape index (κ1) is 14.0. The molecule has 0 aliphatic carbocycles. The van der Waals surface area contributed by atoms with Gasteiger partial charge in [0.1, 0.15) is 0 Å². The van der Waals surface area contributed by atoms with E-state index in [1.165, 1.54) is 0 Å². The van der Waals surface area contributed by atoms with Gasteiger partial charge in [-0.25, -0.2) is 8.42 Å². The summed E-state index contributed by atoms with van der Waals surface area (Å²) < 4.78 is 26.0. The van der Waals surface area contributed by atoms with E-state index < -0.39 is 10.0 Å². The van der Waals surface area contributed by atoms with Crippen molar-refractivity contribution in [3.05, 3.63) is 29.8 Å². The van der Waals surface area contributed by atoms with Gasteiger partial charge in [-0.1, -0.05) is 31.5 Å². The third kappa shape index (κ3) is 4.75. The topological polar surface area (TPSA) is 66.4 Å². The lowest BCUT2D eigenvalue weighted by Crippen LogP contribution is -2.18. The molecule has 5 heteroatoms. The fourth-order valence-electron chi connectivity index (χ4n) is 1.58. The van der Waals surface area contributed by atoms with E-state index in [0.29, 0.717) is 5.69 Å². The number of sulfonamides is 1. The van der Waals surface area contributed by atoms with E-state index in [9.17, 15) is 8.42 Å². The number of nitrogens with one attached hydrogen (secondary N) is 1. The highest BCUT2D eigenvalue weighted by molar-refractivity contribution is 7.92. The summed E-state index contributed by atoms with van der Waals surface area (Å²) in [5.74, 6) is -0.0516. The van der Waals surface area contributed by atoms with E-state index in [4.69, 9.17) is 5.11 Å². The van der Waals surface area contributed by atoms with E-state index in [1.54, 1.807) is 6.07 Å². The largest absolute Gasteiger partial charge is 0.396 e. The molecule has 0 aromatic heterocycles. The van der Waals surface area contributed by atoms with Gasteiger partial charge in [0.2, 0.25) is 10.0 Å². The summed E-state index contributed by atoms with van der Waals surface area (Å²) in [5.41, 5.74) is 1.65. The Morgan fingerprint density at radius 3 is 2.65 bits per heavy atom. The van der Waals surface area contributed by atoms with Crippen LogP contribution < -0.4 is 4.72 Å². The van der Waals surface area contributed by atoms with Gasteiger partial charge in [0.25, 0.3) is 0 Å². The first-order chi connectivity index (χ1) is 8.09. The van der Waals surface area contributed by atoms with Gasteiger partial charge in [-0.3, -0.25) is 4.72 Å². The van der Waals surface area contributed by atoms with Crippen LogP contribution in [0.2, 0.25) is 0 Å². The highest BCUT2D eigenvalue weighted by atomic mass is 32.2. The van der Waals surface area contributed by atoms with E-state index in [-0.39, 0.29) is 18.8 Å². The van der Waals surface area contributed by atoms with Gasteiger partial charge in [-0.2, -0.15) is 0 Å². The Labute approximate surface area is 103 Å². The predicted molar refractivity (Wildman–Crippen MR) is 69.5 cm³/mol. The standard InChI is InChI=1S/C12H19NO3S/c1-2-6-11-7-3-4-8-12(11)13-17(15,16)10-5-9-14/h3-4,7-8,13-14H,2,5-6,9-10H2,1H3. The van der Waals surface area contributed by atoms with Crippen LogP contribution in [0.4, 0.5) is 5.69 Å². The molecule has 0 spiro atoms. The molecule has 4 nitrogen and oxygen atoms in total. The molecule has 17 heavy (non-hydrogen) atoms. The summed E-state index contributed by atoms with van der Waals surface area (Å²) in [6.07, 6.45) is 2.07. The second-order valence-corrected chi connectivity index (χ2v) is 5.75. The van der Waals surface area contributed by atoms with Crippen LogP contribution >= 0.6 is 0 Å². The fraction of sp³-hybridized carbons (Fsp3) is 0.500. The second kappa shape index (κ2) is 6.61. The minimum Gasteiger partial charge on any atom is -0.396 e. The van der Waals surface area contributed by atoms with Crippen LogP contribution in [0.3, 0.4) is 0 Å². The Kier molecular flexibility index (Phi) is 5.44. The molecule has 0 radical (unpaired) electrons. The Morgan fingerprint density at radius 2 is 2.00 bits per heavy atom. The van der Waals surface area contributed by atoms with Crippen LogP contribution in [0.15, 0.2) is 24.3 Å². The van der Waals surface area contributed by atoms with Gasteiger partial charge in [0.05, 0.1) is 11.4 Å². The van der Waals surface area contributed by atoms with Crippen molar-refractivity contribution in [2.24, 2.45) is 0 Å². The number of para-hydroxylation sites is 1. The quantitative estimate of drug-likeness (QED) is 0.782. The summed E-state index contributed by atoms with van der Waals surface area (Å²) >= 11 is 0. The van der Waals surface area contributed by atoms with Crippen LogP contribution in [0.1, 0.15) is 25.3 Å². The number of benzene rings is 1. The summed E-state index contributed by atoms with van der Waals surface area (Å²) in [5, 5.41) is 8.64. The average Bonchev–Trinajstić information content (AvgIpc) is 2.29. The van der Waals surface area contributed by atoms with Crippen molar-refractivity contribution >= 4 is 15.7 Å². The highest BCUT2D eigenvalue weighted by Crippen LogP contribution is 2.18. The maximum atomic E-state index is 11.7. The molecule has 0 atom stereocenters. The third-order valence-electron chi connectivity index (χ3n) is 2.37. The lowest BCUT2D eigenvalue weighted by molar-refractivity contribution is 0.295. The van der Waals surface area contributed by atoms with Crippen LogP contribution in [0, 0.1) is 0 Å². The number of aliphatic hydroxyl groups excluding tert-OH is 1. The fourth-order valence-corrected chi connectivity index (χ4v) is 2.73. The molecule has 0 saturated heterocycles. The third-order valence-corrected chi connectivity index (χ3v) is 3.73. The first-order valence-electron chi connectivity index (χ1n) is 5.78. The molecular formula is C12H19NO3S. The van der Waals surface area contributed by atoms with E-state index in [0.717, 1.165) is 18.4 Å². The van der Waals surface area contributed by atoms with Crippen LogP contribution in [0.25, 0.3) is 0 Å². The number of aryl methyl sites for hydroxylation is 1. The van der Waals surface area contributed by atoms with Gasteiger partial charge >= 0.3 is 0 Å². The molecule has 0 aliphatic heterocycles. The van der Waals surface area contributed by atoms with Crippen LogP contribution in [-0.2, 0) is 16.4 Å². The normalized spacial score (nSPS) is 11.4. The van der Waals surface area contributed by atoms with Gasteiger partial charge in [0, 0.05) is 6.61 Å². The Balaban J connectivity index is 2.80. The number of aliphatic hydroxyl groups is 1. The molecule has 1 rings (SSSR count). The van der Waals surface area contributed by atoms with Crippen molar-refractivity contribution in [3.8, 4) is 0 Å². The molecule has 0 unspecified atom stereocenters. The minimum absolute atomic E-state index is 0.0516. The first-order valence-corrected chi connectivity index (χ1v) is 7.43. The summed E-state index contributed by atoms with van der Waals surface area (Å²) in [4.78, 5) is 0. The van der Waals surface area contributed by atoms with E-state index in [2.05, 4.69) is 11.6 Å².